The van der Waals surface area contributed by atoms with Crippen molar-refractivity contribution in [2.75, 3.05) is 42.3 Å². The van der Waals surface area contributed by atoms with Crippen LogP contribution in [0.3, 0.4) is 0 Å². The fourth-order valence-electron chi connectivity index (χ4n) is 2.56. The molecule has 3 nitrogen and oxygen atoms in total. The third kappa shape index (κ3) is 2.56. The molecule has 0 N–H and O–H groups in total. The molecule has 0 aliphatic heterocycles. The molecule has 0 heterocycles. The summed E-state index contributed by atoms with van der Waals surface area (Å²) >= 11 is 0. The largest absolute Gasteiger partial charge is 0.278 e. The van der Waals surface area contributed by atoms with Gasteiger partial charge in [0.25, 0.3) is 0 Å². The zero-order chi connectivity index (χ0) is 11.6. The van der Waals surface area contributed by atoms with Crippen molar-refractivity contribution in [3.05, 3.63) is 23.8 Å². The molecule has 0 fully saturated rings. The summed E-state index contributed by atoms with van der Waals surface area (Å²) in [5.41, 5.74) is 1.22. The molecule has 0 unspecified atom stereocenters. The van der Waals surface area contributed by atoms with Gasteiger partial charge in [0.15, 0.2) is 0 Å². The number of allylic oxidation sites excluding steroid dienone is 2. The fourth-order valence-corrected chi connectivity index (χ4v) is 2.56. The molecule has 0 aromatic heterocycles. The minimum Gasteiger partial charge on any atom is -0.278 e. The van der Waals surface area contributed by atoms with Gasteiger partial charge in [0.1, 0.15) is 5.79 Å². The van der Waals surface area contributed by atoms with Crippen LogP contribution in [0.5, 0.6) is 0 Å². The summed E-state index contributed by atoms with van der Waals surface area (Å²) in [6, 6.07) is 0. The topological polar surface area (TPSA) is 9.72 Å². The van der Waals surface area contributed by atoms with Gasteiger partial charge in [-0.15, -0.1) is 6.42 Å². The van der Waals surface area contributed by atoms with Gasteiger partial charge in [-0.1, -0.05) is 0 Å². The summed E-state index contributed by atoms with van der Waals surface area (Å²) in [4.78, 5) is 6.64. The van der Waals surface area contributed by atoms with Crippen molar-refractivity contribution in [2.24, 2.45) is 0 Å². The van der Waals surface area contributed by atoms with E-state index in [2.05, 4.69) is 75.2 Å². The summed E-state index contributed by atoms with van der Waals surface area (Å²) in [6.45, 7) is 0. The van der Waals surface area contributed by atoms with Gasteiger partial charge in [0, 0.05) is 26.2 Å². The molecular formula is C12H22N3Zr-. The molecule has 0 bridgehead atoms. The van der Waals surface area contributed by atoms with Crippen LogP contribution in [0.4, 0.5) is 0 Å². The Morgan fingerprint density at radius 2 is 1.44 bits per heavy atom. The average molecular weight is 300 g/mol. The van der Waals surface area contributed by atoms with Crippen LogP contribution < -0.4 is 0 Å². The normalized spacial score (nSPS) is 15.9. The van der Waals surface area contributed by atoms with Crippen molar-refractivity contribution in [3.63, 3.8) is 0 Å². The molecule has 1 aliphatic rings. The second kappa shape index (κ2) is 6.25. The van der Waals surface area contributed by atoms with Crippen LogP contribution in [0, 0.1) is 6.08 Å². The molecule has 1 rings (SSSR count). The van der Waals surface area contributed by atoms with E-state index in [1.165, 1.54) is 5.57 Å². The molecule has 0 aromatic rings. The number of hydrogen-bond donors (Lipinski definition) is 0. The van der Waals surface area contributed by atoms with E-state index in [1.807, 2.05) is 0 Å². The zero-order valence-electron chi connectivity index (χ0n) is 11.2. The first kappa shape index (κ1) is 16.2. The first-order chi connectivity index (χ1) is 6.94. The molecule has 4 heteroatoms. The molecule has 16 heavy (non-hydrogen) atoms. The van der Waals surface area contributed by atoms with E-state index in [9.17, 15) is 0 Å². The van der Waals surface area contributed by atoms with Crippen LogP contribution in [0.25, 0.3) is 0 Å². The Hall–Kier alpha value is 0.243. The molecule has 0 aromatic carbocycles. The fraction of sp³-hybridized carbons (Fsp3) is 0.667. The average Bonchev–Trinajstić information content (AvgIpc) is 2.55. The van der Waals surface area contributed by atoms with Crippen molar-refractivity contribution in [3.8, 4) is 0 Å². The SMILES string of the molecule is CN(C)C(C1=[C-]CC=C1)(N(C)C)N(C)C.[Zr]. The van der Waals surface area contributed by atoms with Gasteiger partial charge in [-0.25, -0.2) is 6.08 Å². The van der Waals surface area contributed by atoms with Crippen LogP contribution in [-0.2, 0) is 26.2 Å². The van der Waals surface area contributed by atoms with Crippen LogP contribution in [0.1, 0.15) is 6.42 Å². The standard InChI is InChI=1S/C12H22N3.Zr/c1-13(2)12(14(3)4,15(5)6)11-9-7-8-10-11;/h7,9H,8H2,1-6H3;/q-1;. The van der Waals surface area contributed by atoms with Crippen molar-refractivity contribution < 1.29 is 26.2 Å². The van der Waals surface area contributed by atoms with Crippen LogP contribution in [-0.4, -0.2) is 62.8 Å². The zero-order valence-corrected chi connectivity index (χ0v) is 13.7. The molecule has 90 valence electrons. The molecule has 0 radical (unpaired) electrons. The van der Waals surface area contributed by atoms with E-state index in [4.69, 9.17) is 0 Å². The van der Waals surface area contributed by atoms with Gasteiger partial charge in [-0.2, -0.15) is 11.6 Å². The van der Waals surface area contributed by atoms with Crippen molar-refractivity contribution >= 4 is 0 Å². The Morgan fingerprint density at radius 3 is 1.69 bits per heavy atom. The van der Waals surface area contributed by atoms with Crippen molar-refractivity contribution in [2.45, 2.75) is 12.2 Å². The number of likely N-dealkylation sites (N-methyl/N-ethyl adjacent to an activating group) is 3. The van der Waals surface area contributed by atoms with E-state index in [-0.39, 0.29) is 32.0 Å². The number of nitrogens with zero attached hydrogens (tertiary/aromatic N) is 3. The molecule has 1 aliphatic carbocycles. The molecule has 0 saturated carbocycles. The van der Waals surface area contributed by atoms with E-state index < -0.39 is 0 Å². The van der Waals surface area contributed by atoms with Gasteiger partial charge in [-0.3, -0.25) is 20.8 Å². The van der Waals surface area contributed by atoms with Gasteiger partial charge < -0.3 is 0 Å². The van der Waals surface area contributed by atoms with Gasteiger partial charge in [-0.05, 0) is 42.3 Å². The van der Waals surface area contributed by atoms with Gasteiger partial charge in [0.05, 0.1) is 0 Å². The molecule has 0 amide bonds. The Morgan fingerprint density at radius 1 is 1.00 bits per heavy atom. The third-order valence-corrected chi connectivity index (χ3v) is 2.93. The Labute approximate surface area is 119 Å². The van der Waals surface area contributed by atoms with Crippen molar-refractivity contribution in [1.29, 1.82) is 0 Å². The molecule has 0 spiro atoms. The predicted molar refractivity (Wildman–Crippen MR) is 64.3 cm³/mol. The minimum absolute atomic E-state index is 0. The summed E-state index contributed by atoms with van der Waals surface area (Å²) in [6.07, 6.45) is 8.67. The van der Waals surface area contributed by atoms with Crippen LogP contribution in [0.2, 0.25) is 0 Å². The smallest absolute Gasteiger partial charge is 0.122 e. The number of rotatable bonds is 4. The van der Waals surface area contributed by atoms with Gasteiger partial charge in [0.2, 0.25) is 0 Å². The molecule has 0 atom stereocenters. The maximum Gasteiger partial charge on any atom is 0.122 e. The predicted octanol–water partition coefficient (Wildman–Crippen LogP) is 1.01. The minimum atomic E-state index is -0.201. The van der Waals surface area contributed by atoms with E-state index >= 15 is 0 Å². The quantitative estimate of drug-likeness (QED) is 0.567. The van der Waals surface area contributed by atoms with Crippen LogP contribution in [0.15, 0.2) is 17.7 Å². The van der Waals surface area contributed by atoms with E-state index in [1.54, 1.807) is 0 Å². The second-order valence-corrected chi connectivity index (χ2v) is 4.52. The van der Waals surface area contributed by atoms with Crippen LogP contribution >= 0.6 is 0 Å². The third-order valence-electron chi connectivity index (χ3n) is 2.93. The monoisotopic (exact) mass is 298 g/mol. The Bertz CT molecular complexity index is 258. The van der Waals surface area contributed by atoms with E-state index in [0.717, 1.165) is 6.42 Å². The maximum atomic E-state index is 3.42. The summed E-state index contributed by atoms with van der Waals surface area (Å²) in [7, 11) is 12.6. The maximum absolute atomic E-state index is 3.42. The Balaban J connectivity index is 0.00000225. The number of hydrogen-bond acceptors (Lipinski definition) is 3. The van der Waals surface area contributed by atoms with Gasteiger partial charge >= 0.3 is 0 Å². The first-order valence-electron chi connectivity index (χ1n) is 5.24. The first-order valence-corrected chi connectivity index (χ1v) is 5.24. The summed E-state index contributed by atoms with van der Waals surface area (Å²) < 4.78 is 0. The van der Waals surface area contributed by atoms with Crippen molar-refractivity contribution in [1.82, 2.24) is 14.7 Å². The molecular weight excluding hydrogens is 277 g/mol. The van der Waals surface area contributed by atoms with E-state index in [0.29, 0.717) is 0 Å². The Kier molecular flexibility index (Phi) is 6.35. The second-order valence-electron chi connectivity index (χ2n) is 4.52. The molecule has 0 saturated heterocycles. The summed E-state index contributed by atoms with van der Waals surface area (Å²) in [5, 5.41) is 0. The summed E-state index contributed by atoms with van der Waals surface area (Å²) in [5.74, 6) is -0.201.